The maximum atomic E-state index is 4.59. The molecule has 1 aliphatic heterocycles. The number of hydrogen-bond acceptors (Lipinski definition) is 3. The van der Waals surface area contributed by atoms with Crippen LogP contribution in [0.2, 0.25) is 0 Å². The van der Waals surface area contributed by atoms with Crippen LogP contribution in [0.4, 0.5) is 0 Å². The van der Waals surface area contributed by atoms with E-state index in [4.69, 9.17) is 0 Å². The minimum atomic E-state index is 0.838. The standard InChI is InChI=1S/C16H28N4/c1-3-20-16(10-13(2)18-20)12-19(15-4-5-15)11-14-6-8-17-9-7-14/h10,14-15,17H,3-9,11-12H2,1-2H3. The number of aromatic nitrogens is 2. The van der Waals surface area contributed by atoms with Crippen molar-refractivity contribution in [3.05, 3.63) is 17.5 Å². The molecule has 2 aliphatic rings. The first kappa shape index (κ1) is 14.1. The topological polar surface area (TPSA) is 33.1 Å². The van der Waals surface area contributed by atoms with E-state index in [1.807, 2.05) is 0 Å². The summed E-state index contributed by atoms with van der Waals surface area (Å²) in [6.07, 6.45) is 5.47. The largest absolute Gasteiger partial charge is 0.317 e. The van der Waals surface area contributed by atoms with Gasteiger partial charge in [-0.3, -0.25) is 9.58 Å². The van der Waals surface area contributed by atoms with Crippen LogP contribution in [0.5, 0.6) is 0 Å². The summed E-state index contributed by atoms with van der Waals surface area (Å²) >= 11 is 0. The Morgan fingerprint density at radius 2 is 2.05 bits per heavy atom. The molecule has 112 valence electrons. The highest BCUT2D eigenvalue weighted by atomic mass is 15.3. The Morgan fingerprint density at radius 1 is 1.30 bits per heavy atom. The first-order chi connectivity index (χ1) is 9.76. The van der Waals surface area contributed by atoms with E-state index in [9.17, 15) is 0 Å². The normalized spacial score (nSPS) is 20.8. The summed E-state index contributed by atoms with van der Waals surface area (Å²) in [7, 11) is 0. The molecule has 20 heavy (non-hydrogen) atoms. The van der Waals surface area contributed by atoms with E-state index in [-0.39, 0.29) is 0 Å². The van der Waals surface area contributed by atoms with E-state index in [0.717, 1.165) is 30.7 Å². The van der Waals surface area contributed by atoms with Crippen LogP contribution in [-0.4, -0.2) is 40.4 Å². The number of rotatable bonds is 6. The summed E-state index contributed by atoms with van der Waals surface area (Å²) in [6, 6.07) is 3.10. The van der Waals surface area contributed by atoms with Crippen LogP contribution >= 0.6 is 0 Å². The Morgan fingerprint density at radius 3 is 2.70 bits per heavy atom. The Balaban J connectivity index is 1.64. The minimum absolute atomic E-state index is 0.838. The third-order valence-electron chi connectivity index (χ3n) is 4.66. The molecule has 2 heterocycles. The van der Waals surface area contributed by atoms with Gasteiger partial charge in [-0.15, -0.1) is 0 Å². The predicted molar refractivity (Wildman–Crippen MR) is 81.7 cm³/mol. The summed E-state index contributed by atoms with van der Waals surface area (Å²) < 4.78 is 2.17. The summed E-state index contributed by atoms with van der Waals surface area (Å²) in [4.78, 5) is 2.72. The van der Waals surface area contributed by atoms with Gasteiger partial charge >= 0.3 is 0 Å². The fourth-order valence-electron chi connectivity index (χ4n) is 3.39. The van der Waals surface area contributed by atoms with Crippen molar-refractivity contribution in [2.24, 2.45) is 5.92 Å². The molecule has 3 rings (SSSR count). The van der Waals surface area contributed by atoms with Crippen LogP contribution in [0.3, 0.4) is 0 Å². The van der Waals surface area contributed by atoms with Gasteiger partial charge in [0.25, 0.3) is 0 Å². The molecule has 0 spiro atoms. The molecule has 1 aliphatic carbocycles. The van der Waals surface area contributed by atoms with Crippen LogP contribution < -0.4 is 5.32 Å². The van der Waals surface area contributed by atoms with Crippen LogP contribution in [0.1, 0.15) is 44.0 Å². The van der Waals surface area contributed by atoms with Crippen molar-refractivity contribution >= 4 is 0 Å². The highest BCUT2D eigenvalue weighted by Crippen LogP contribution is 2.30. The lowest BCUT2D eigenvalue weighted by molar-refractivity contribution is 0.186. The molecule has 1 aromatic rings. The van der Waals surface area contributed by atoms with Crippen molar-refractivity contribution < 1.29 is 0 Å². The quantitative estimate of drug-likeness (QED) is 0.864. The lowest BCUT2D eigenvalue weighted by atomic mass is 9.97. The Bertz CT molecular complexity index is 430. The van der Waals surface area contributed by atoms with Gasteiger partial charge in [-0.1, -0.05) is 0 Å². The highest BCUT2D eigenvalue weighted by molar-refractivity contribution is 5.09. The Labute approximate surface area is 122 Å². The van der Waals surface area contributed by atoms with Gasteiger partial charge in [0.1, 0.15) is 0 Å². The first-order valence-electron chi connectivity index (χ1n) is 8.24. The van der Waals surface area contributed by atoms with Crippen molar-refractivity contribution in [3.63, 3.8) is 0 Å². The highest BCUT2D eigenvalue weighted by Gasteiger charge is 2.31. The van der Waals surface area contributed by atoms with E-state index in [2.05, 4.69) is 39.9 Å². The third kappa shape index (κ3) is 3.41. The molecule has 4 nitrogen and oxygen atoms in total. The van der Waals surface area contributed by atoms with Crippen molar-refractivity contribution in [2.75, 3.05) is 19.6 Å². The number of aryl methyl sites for hydroxylation is 2. The average molecular weight is 276 g/mol. The Kier molecular flexibility index (Phi) is 4.41. The van der Waals surface area contributed by atoms with Gasteiger partial charge in [-0.05, 0) is 64.6 Å². The number of piperidine rings is 1. The zero-order valence-electron chi connectivity index (χ0n) is 12.9. The smallest absolute Gasteiger partial charge is 0.0597 e. The number of nitrogens with zero attached hydrogens (tertiary/aromatic N) is 3. The molecule has 1 aromatic heterocycles. The molecule has 1 saturated heterocycles. The van der Waals surface area contributed by atoms with E-state index >= 15 is 0 Å². The average Bonchev–Trinajstić information content (AvgIpc) is 3.24. The second-order valence-corrected chi connectivity index (χ2v) is 6.45. The second kappa shape index (κ2) is 6.27. The molecule has 0 amide bonds. The molecule has 4 heteroatoms. The third-order valence-corrected chi connectivity index (χ3v) is 4.66. The molecule has 1 saturated carbocycles. The van der Waals surface area contributed by atoms with Gasteiger partial charge < -0.3 is 5.32 Å². The van der Waals surface area contributed by atoms with Gasteiger partial charge in [0, 0.05) is 25.7 Å². The minimum Gasteiger partial charge on any atom is -0.317 e. The summed E-state index contributed by atoms with van der Waals surface area (Å²) in [5.74, 6) is 0.885. The fourth-order valence-corrected chi connectivity index (χ4v) is 3.39. The molecular weight excluding hydrogens is 248 g/mol. The zero-order valence-corrected chi connectivity index (χ0v) is 12.9. The predicted octanol–water partition coefficient (Wildman–Crippen LogP) is 2.18. The zero-order chi connectivity index (χ0) is 13.9. The van der Waals surface area contributed by atoms with Crippen LogP contribution in [-0.2, 0) is 13.1 Å². The molecule has 0 bridgehead atoms. The van der Waals surface area contributed by atoms with Gasteiger partial charge in [0.05, 0.1) is 11.4 Å². The van der Waals surface area contributed by atoms with Crippen molar-refractivity contribution in [1.82, 2.24) is 20.0 Å². The molecular formula is C16H28N4. The van der Waals surface area contributed by atoms with E-state index < -0.39 is 0 Å². The van der Waals surface area contributed by atoms with Crippen molar-refractivity contribution in [1.29, 1.82) is 0 Å². The number of nitrogens with one attached hydrogen (secondary N) is 1. The summed E-state index contributed by atoms with van der Waals surface area (Å²) in [5, 5.41) is 8.06. The van der Waals surface area contributed by atoms with Crippen LogP contribution in [0, 0.1) is 12.8 Å². The second-order valence-electron chi connectivity index (χ2n) is 6.45. The number of hydrogen-bond donors (Lipinski definition) is 1. The first-order valence-corrected chi connectivity index (χ1v) is 8.24. The SMILES string of the molecule is CCn1nc(C)cc1CN(CC1CCNCC1)C1CC1. The van der Waals surface area contributed by atoms with Crippen molar-refractivity contribution in [3.8, 4) is 0 Å². The molecule has 1 N–H and O–H groups in total. The lowest BCUT2D eigenvalue weighted by Crippen LogP contribution is -2.37. The summed E-state index contributed by atoms with van der Waals surface area (Å²) in [6.45, 7) is 10.0. The van der Waals surface area contributed by atoms with E-state index in [1.165, 1.54) is 51.0 Å². The molecule has 0 atom stereocenters. The molecule has 2 fully saturated rings. The molecule has 0 radical (unpaired) electrons. The van der Waals surface area contributed by atoms with Crippen LogP contribution in [0.15, 0.2) is 6.07 Å². The monoisotopic (exact) mass is 276 g/mol. The van der Waals surface area contributed by atoms with Gasteiger partial charge in [0.2, 0.25) is 0 Å². The fraction of sp³-hybridized carbons (Fsp3) is 0.812. The summed E-state index contributed by atoms with van der Waals surface area (Å²) in [5.41, 5.74) is 2.55. The van der Waals surface area contributed by atoms with Crippen molar-refractivity contribution in [2.45, 2.75) is 58.7 Å². The molecule has 0 aromatic carbocycles. The lowest BCUT2D eigenvalue weighted by Gasteiger charge is -2.30. The maximum absolute atomic E-state index is 4.59. The Hall–Kier alpha value is -0.870. The van der Waals surface area contributed by atoms with E-state index in [0.29, 0.717) is 0 Å². The van der Waals surface area contributed by atoms with Crippen LogP contribution in [0.25, 0.3) is 0 Å². The van der Waals surface area contributed by atoms with Gasteiger partial charge in [0.15, 0.2) is 0 Å². The van der Waals surface area contributed by atoms with Gasteiger partial charge in [-0.25, -0.2) is 0 Å². The van der Waals surface area contributed by atoms with E-state index in [1.54, 1.807) is 0 Å². The van der Waals surface area contributed by atoms with Gasteiger partial charge in [-0.2, -0.15) is 5.10 Å². The molecule has 0 unspecified atom stereocenters. The maximum Gasteiger partial charge on any atom is 0.0597 e.